The molecule has 0 aliphatic heterocycles. The summed E-state index contributed by atoms with van der Waals surface area (Å²) in [4.78, 5) is 24.5. The molecule has 5 nitrogen and oxygen atoms in total. The Morgan fingerprint density at radius 1 is 0.697 bits per heavy atom. The number of anilines is 3. The predicted molar refractivity (Wildman–Crippen MR) is 135 cm³/mol. The van der Waals surface area contributed by atoms with Crippen molar-refractivity contribution in [3.05, 3.63) is 120 Å². The van der Waals surface area contributed by atoms with E-state index in [1.54, 1.807) is 30.3 Å². The van der Waals surface area contributed by atoms with E-state index in [9.17, 15) is 9.59 Å². The third-order valence-electron chi connectivity index (χ3n) is 5.04. The monoisotopic (exact) mass is 433 g/mol. The molecule has 0 bridgehead atoms. The van der Waals surface area contributed by atoms with E-state index in [2.05, 4.69) is 10.6 Å². The van der Waals surface area contributed by atoms with Crippen molar-refractivity contribution in [1.29, 1.82) is 0 Å². The molecular formula is C28H23N3O2. The lowest BCUT2D eigenvalue weighted by molar-refractivity contribution is -0.111. The molecule has 0 fully saturated rings. The van der Waals surface area contributed by atoms with E-state index in [1.165, 1.54) is 6.08 Å². The molecule has 0 radical (unpaired) electrons. The molecule has 4 aromatic carbocycles. The first kappa shape index (κ1) is 21.6. The molecule has 33 heavy (non-hydrogen) atoms. The van der Waals surface area contributed by atoms with Crippen LogP contribution in [0.4, 0.5) is 17.1 Å². The van der Waals surface area contributed by atoms with Crippen molar-refractivity contribution < 1.29 is 9.59 Å². The number of hydrogen-bond donors (Lipinski definition) is 3. The highest BCUT2D eigenvalue weighted by atomic mass is 16.2. The highest BCUT2D eigenvalue weighted by Gasteiger charge is 2.06. The van der Waals surface area contributed by atoms with Gasteiger partial charge in [0.25, 0.3) is 5.91 Å². The zero-order chi connectivity index (χ0) is 23.0. The fraction of sp³-hybridized carbons (Fsp3) is 0. The summed E-state index contributed by atoms with van der Waals surface area (Å²) < 4.78 is 0. The second kappa shape index (κ2) is 10.1. The number of para-hydroxylation sites is 2. The van der Waals surface area contributed by atoms with Gasteiger partial charge in [-0.05, 0) is 65.2 Å². The van der Waals surface area contributed by atoms with Crippen LogP contribution in [-0.4, -0.2) is 11.8 Å². The van der Waals surface area contributed by atoms with E-state index >= 15 is 0 Å². The predicted octanol–water partition coefficient (Wildman–Crippen LogP) is 5.84. The van der Waals surface area contributed by atoms with Gasteiger partial charge in [0.2, 0.25) is 5.91 Å². The molecule has 0 spiro atoms. The molecule has 0 heterocycles. The molecule has 0 saturated heterocycles. The lowest BCUT2D eigenvalue weighted by Crippen LogP contribution is -2.11. The van der Waals surface area contributed by atoms with Gasteiger partial charge in [0.15, 0.2) is 0 Å². The Labute approximate surface area is 192 Å². The van der Waals surface area contributed by atoms with Crippen molar-refractivity contribution in [1.82, 2.24) is 0 Å². The van der Waals surface area contributed by atoms with Crippen LogP contribution >= 0.6 is 0 Å². The van der Waals surface area contributed by atoms with Gasteiger partial charge in [-0.2, -0.15) is 0 Å². The van der Waals surface area contributed by atoms with Crippen LogP contribution < -0.4 is 16.4 Å². The lowest BCUT2D eigenvalue weighted by atomic mass is 10.0. The van der Waals surface area contributed by atoms with Gasteiger partial charge in [0, 0.05) is 17.3 Å². The number of hydrogen-bond acceptors (Lipinski definition) is 3. The van der Waals surface area contributed by atoms with Crippen LogP contribution in [-0.2, 0) is 4.79 Å². The number of benzene rings is 4. The van der Waals surface area contributed by atoms with Crippen LogP contribution in [0, 0.1) is 0 Å². The van der Waals surface area contributed by atoms with E-state index in [-0.39, 0.29) is 11.8 Å². The first-order chi connectivity index (χ1) is 16.1. The second-order valence-electron chi connectivity index (χ2n) is 7.43. The Bertz CT molecular complexity index is 1300. The first-order valence-corrected chi connectivity index (χ1v) is 10.5. The van der Waals surface area contributed by atoms with Crippen LogP contribution in [0.15, 0.2) is 109 Å². The molecule has 5 heteroatoms. The van der Waals surface area contributed by atoms with Gasteiger partial charge in [-0.3, -0.25) is 9.59 Å². The van der Waals surface area contributed by atoms with Crippen molar-refractivity contribution in [3.63, 3.8) is 0 Å². The van der Waals surface area contributed by atoms with Crippen LogP contribution in [0.1, 0.15) is 15.9 Å². The molecule has 0 saturated carbocycles. The average molecular weight is 434 g/mol. The Balaban J connectivity index is 1.42. The number of carbonyl (C=O) groups excluding carboxylic acids is 2. The van der Waals surface area contributed by atoms with Crippen molar-refractivity contribution in [2.45, 2.75) is 0 Å². The van der Waals surface area contributed by atoms with Crippen molar-refractivity contribution in [2.75, 3.05) is 16.4 Å². The maximum Gasteiger partial charge on any atom is 0.255 e. The van der Waals surface area contributed by atoms with E-state index in [0.717, 1.165) is 22.4 Å². The Morgan fingerprint density at radius 3 is 2.18 bits per heavy atom. The molecule has 4 rings (SSSR count). The fourth-order valence-corrected chi connectivity index (χ4v) is 3.32. The SMILES string of the molecule is Nc1ccccc1NC(=O)/C=C/c1cccc(-c2ccc(NC(=O)c3ccccc3)cc2)c1. The van der Waals surface area contributed by atoms with Gasteiger partial charge in [-0.25, -0.2) is 0 Å². The molecule has 2 amide bonds. The summed E-state index contributed by atoms with van der Waals surface area (Å²) in [6, 6.07) is 31.7. The van der Waals surface area contributed by atoms with Crippen molar-refractivity contribution in [2.24, 2.45) is 0 Å². The van der Waals surface area contributed by atoms with Crippen molar-refractivity contribution in [3.8, 4) is 11.1 Å². The number of amides is 2. The highest BCUT2D eigenvalue weighted by molar-refractivity contribution is 6.04. The summed E-state index contributed by atoms with van der Waals surface area (Å²) >= 11 is 0. The zero-order valence-corrected chi connectivity index (χ0v) is 17.9. The van der Waals surface area contributed by atoms with Crippen LogP contribution in [0.25, 0.3) is 17.2 Å². The standard InChI is InChI=1S/C28H23N3O2/c29-25-11-4-5-12-26(25)31-27(32)18-13-20-7-6-10-23(19-20)21-14-16-24(17-15-21)30-28(33)22-8-2-1-3-9-22/h1-19H,29H2,(H,30,33)(H,31,32)/b18-13+. The quantitative estimate of drug-likeness (QED) is 0.264. The molecular weight excluding hydrogens is 410 g/mol. The van der Waals surface area contributed by atoms with E-state index in [1.807, 2.05) is 78.9 Å². The van der Waals surface area contributed by atoms with Gasteiger partial charge in [0.05, 0.1) is 11.4 Å². The minimum Gasteiger partial charge on any atom is -0.397 e. The van der Waals surface area contributed by atoms with E-state index in [0.29, 0.717) is 16.9 Å². The third-order valence-corrected chi connectivity index (χ3v) is 5.04. The molecule has 4 aromatic rings. The third kappa shape index (κ3) is 5.74. The summed E-state index contributed by atoms with van der Waals surface area (Å²) in [6.45, 7) is 0. The number of nitrogen functional groups attached to an aromatic ring is 1. The maximum absolute atomic E-state index is 12.3. The molecule has 0 aliphatic rings. The maximum atomic E-state index is 12.3. The minimum absolute atomic E-state index is 0.147. The molecule has 4 N–H and O–H groups in total. The zero-order valence-electron chi connectivity index (χ0n) is 17.9. The summed E-state index contributed by atoms with van der Waals surface area (Å²) in [5, 5.41) is 5.68. The number of rotatable bonds is 6. The van der Waals surface area contributed by atoms with Gasteiger partial charge >= 0.3 is 0 Å². The van der Waals surface area contributed by atoms with Crippen molar-refractivity contribution >= 4 is 35.0 Å². The summed E-state index contributed by atoms with van der Waals surface area (Å²) in [5.41, 5.74) is 11.2. The lowest BCUT2D eigenvalue weighted by Gasteiger charge is -2.08. The minimum atomic E-state index is -0.253. The normalized spacial score (nSPS) is 10.7. The molecule has 0 unspecified atom stereocenters. The fourth-order valence-electron chi connectivity index (χ4n) is 3.32. The summed E-state index contributed by atoms with van der Waals surface area (Å²) in [6.07, 6.45) is 3.24. The smallest absolute Gasteiger partial charge is 0.255 e. The first-order valence-electron chi connectivity index (χ1n) is 10.5. The molecule has 0 atom stereocenters. The molecule has 0 aromatic heterocycles. The molecule has 0 aliphatic carbocycles. The Kier molecular flexibility index (Phi) is 6.61. The van der Waals surface area contributed by atoms with Crippen LogP contribution in [0.3, 0.4) is 0 Å². The number of nitrogens with two attached hydrogens (primary N) is 1. The van der Waals surface area contributed by atoms with E-state index < -0.39 is 0 Å². The van der Waals surface area contributed by atoms with Gasteiger partial charge < -0.3 is 16.4 Å². The van der Waals surface area contributed by atoms with Gasteiger partial charge in [-0.1, -0.05) is 60.7 Å². The summed E-state index contributed by atoms with van der Waals surface area (Å²) in [5.74, 6) is -0.400. The van der Waals surface area contributed by atoms with Gasteiger partial charge in [-0.15, -0.1) is 0 Å². The summed E-state index contributed by atoms with van der Waals surface area (Å²) in [7, 11) is 0. The van der Waals surface area contributed by atoms with Crippen LogP contribution in [0.2, 0.25) is 0 Å². The highest BCUT2D eigenvalue weighted by Crippen LogP contribution is 2.23. The van der Waals surface area contributed by atoms with Crippen LogP contribution in [0.5, 0.6) is 0 Å². The average Bonchev–Trinajstić information content (AvgIpc) is 2.85. The number of carbonyl (C=O) groups is 2. The number of nitrogens with one attached hydrogen (secondary N) is 2. The molecule has 162 valence electrons. The second-order valence-corrected chi connectivity index (χ2v) is 7.43. The Hall–Kier alpha value is -4.64. The van der Waals surface area contributed by atoms with E-state index in [4.69, 9.17) is 5.73 Å². The largest absolute Gasteiger partial charge is 0.397 e. The van der Waals surface area contributed by atoms with Gasteiger partial charge in [0.1, 0.15) is 0 Å². The topological polar surface area (TPSA) is 84.2 Å². The Morgan fingerprint density at radius 2 is 1.42 bits per heavy atom.